The Morgan fingerprint density at radius 2 is 1.91 bits per heavy atom. The van der Waals surface area contributed by atoms with Crippen LogP contribution in [0.3, 0.4) is 0 Å². The number of benzene rings is 3. The zero-order chi connectivity index (χ0) is 23.2. The Kier molecular flexibility index (Phi) is 6.72. The maximum Gasteiger partial charge on any atom is 0.276 e. The lowest BCUT2D eigenvalue weighted by Gasteiger charge is -2.13. The third-order valence-electron chi connectivity index (χ3n) is 5.04. The average molecular weight is 457 g/mol. The molecule has 0 saturated carbocycles. The van der Waals surface area contributed by atoms with E-state index in [1.807, 2.05) is 49.4 Å². The smallest absolute Gasteiger partial charge is 0.276 e. The van der Waals surface area contributed by atoms with Crippen molar-refractivity contribution in [1.82, 2.24) is 9.78 Å². The lowest BCUT2D eigenvalue weighted by molar-refractivity contribution is 0.102. The second-order valence-corrected chi connectivity index (χ2v) is 7.94. The summed E-state index contributed by atoms with van der Waals surface area (Å²) in [4.78, 5) is 12.7. The van der Waals surface area contributed by atoms with Gasteiger partial charge < -0.3 is 10.1 Å². The Morgan fingerprint density at radius 1 is 1.09 bits per heavy atom. The minimum absolute atomic E-state index is 0.281. The molecule has 3 aromatic carbocycles. The molecule has 1 aromatic heterocycles. The predicted molar refractivity (Wildman–Crippen MR) is 127 cm³/mol. The van der Waals surface area contributed by atoms with Gasteiger partial charge >= 0.3 is 0 Å². The van der Waals surface area contributed by atoms with Crippen molar-refractivity contribution in [2.75, 3.05) is 5.32 Å². The highest BCUT2D eigenvalue weighted by Gasteiger charge is 2.15. The van der Waals surface area contributed by atoms with Crippen molar-refractivity contribution < 1.29 is 9.53 Å². The van der Waals surface area contributed by atoms with Gasteiger partial charge in [0, 0.05) is 22.0 Å². The first kappa shape index (κ1) is 22.1. The molecule has 4 aromatic rings. The zero-order valence-corrected chi connectivity index (χ0v) is 18.7. The molecule has 0 atom stereocenters. The summed E-state index contributed by atoms with van der Waals surface area (Å²) >= 11 is 6.24. The first-order valence-electron chi connectivity index (χ1n) is 10.3. The first-order chi connectivity index (χ1) is 16.0. The largest absolute Gasteiger partial charge is 0.489 e. The minimum Gasteiger partial charge on any atom is -0.489 e. The first-order valence-corrected chi connectivity index (χ1v) is 10.7. The average Bonchev–Trinajstić information content (AvgIpc) is 3.19. The Bertz CT molecular complexity index is 1330. The van der Waals surface area contributed by atoms with Gasteiger partial charge in [0.2, 0.25) is 0 Å². The number of hydrogen-bond donors (Lipinski definition) is 1. The van der Waals surface area contributed by atoms with E-state index in [0.29, 0.717) is 35.2 Å². The van der Waals surface area contributed by atoms with Gasteiger partial charge in [0.15, 0.2) is 5.69 Å². The van der Waals surface area contributed by atoms with Crippen LogP contribution >= 0.6 is 11.6 Å². The SMILES string of the molecule is Cc1cc(C(=O)Nc2cccc(C#N)c2)nn1Cc1cc(Cl)ccc1OCc1ccccc1. The Hall–Kier alpha value is -4.08. The summed E-state index contributed by atoms with van der Waals surface area (Å²) in [6.07, 6.45) is 0. The molecule has 4 rings (SSSR count). The highest BCUT2D eigenvalue weighted by Crippen LogP contribution is 2.25. The molecular weight excluding hydrogens is 436 g/mol. The summed E-state index contributed by atoms with van der Waals surface area (Å²) in [5.74, 6) is 0.357. The molecule has 0 radical (unpaired) electrons. The topological polar surface area (TPSA) is 79.9 Å². The second-order valence-electron chi connectivity index (χ2n) is 7.50. The highest BCUT2D eigenvalue weighted by atomic mass is 35.5. The molecule has 164 valence electrons. The summed E-state index contributed by atoms with van der Waals surface area (Å²) in [5.41, 5.74) is 4.03. The van der Waals surface area contributed by atoms with Crippen LogP contribution in [0.15, 0.2) is 78.9 Å². The van der Waals surface area contributed by atoms with Crippen molar-refractivity contribution in [2.45, 2.75) is 20.1 Å². The van der Waals surface area contributed by atoms with Crippen molar-refractivity contribution in [3.8, 4) is 11.8 Å². The number of carbonyl (C=O) groups is 1. The fourth-order valence-corrected chi connectivity index (χ4v) is 3.55. The molecule has 0 aliphatic heterocycles. The summed E-state index contributed by atoms with van der Waals surface area (Å²) in [6.45, 7) is 2.71. The molecule has 0 unspecified atom stereocenters. The van der Waals surface area contributed by atoms with Crippen LogP contribution < -0.4 is 10.1 Å². The van der Waals surface area contributed by atoms with E-state index in [1.165, 1.54) is 0 Å². The van der Waals surface area contributed by atoms with E-state index in [9.17, 15) is 4.79 Å². The van der Waals surface area contributed by atoms with Crippen LogP contribution in [-0.2, 0) is 13.2 Å². The minimum atomic E-state index is -0.349. The second kappa shape index (κ2) is 10.0. The lowest BCUT2D eigenvalue weighted by atomic mass is 10.2. The van der Waals surface area contributed by atoms with E-state index in [4.69, 9.17) is 21.6 Å². The molecule has 0 bridgehead atoms. The predicted octanol–water partition coefficient (Wildman–Crippen LogP) is 5.60. The molecule has 0 fully saturated rings. The zero-order valence-electron chi connectivity index (χ0n) is 18.0. The maximum atomic E-state index is 12.7. The van der Waals surface area contributed by atoms with E-state index in [0.717, 1.165) is 16.8 Å². The molecule has 1 heterocycles. The van der Waals surface area contributed by atoms with Crippen LogP contribution in [0, 0.1) is 18.3 Å². The molecule has 0 aliphatic carbocycles. The number of halogens is 1. The summed E-state index contributed by atoms with van der Waals surface area (Å²) in [7, 11) is 0. The van der Waals surface area contributed by atoms with Crippen LogP contribution in [0.25, 0.3) is 0 Å². The van der Waals surface area contributed by atoms with Gasteiger partial charge in [-0.25, -0.2) is 0 Å². The van der Waals surface area contributed by atoms with Crippen molar-refractivity contribution in [2.24, 2.45) is 0 Å². The normalized spacial score (nSPS) is 10.5. The summed E-state index contributed by atoms with van der Waals surface area (Å²) < 4.78 is 7.78. The fraction of sp³-hybridized carbons (Fsp3) is 0.115. The third-order valence-corrected chi connectivity index (χ3v) is 5.28. The molecule has 6 nitrogen and oxygen atoms in total. The van der Waals surface area contributed by atoms with Crippen molar-refractivity contribution in [3.63, 3.8) is 0 Å². The number of hydrogen-bond acceptors (Lipinski definition) is 4. The van der Waals surface area contributed by atoms with Crippen LogP contribution in [-0.4, -0.2) is 15.7 Å². The quantitative estimate of drug-likeness (QED) is 0.392. The van der Waals surface area contributed by atoms with Crippen molar-refractivity contribution >= 4 is 23.2 Å². The van der Waals surface area contributed by atoms with E-state index in [2.05, 4.69) is 16.5 Å². The van der Waals surface area contributed by atoms with Gasteiger partial charge in [-0.1, -0.05) is 48.0 Å². The van der Waals surface area contributed by atoms with Crippen LogP contribution in [0.2, 0.25) is 5.02 Å². The standard InChI is InChI=1S/C26H21ClN4O2/c1-18-12-24(26(32)29-23-9-5-8-20(13-23)15-28)30-31(18)16-21-14-22(27)10-11-25(21)33-17-19-6-3-2-4-7-19/h2-14H,16-17H2,1H3,(H,29,32). The van der Waals surface area contributed by atoms with E-state index in [1.54, 1.807) is 41.1 Å². The Morgan fingerprint density at radius 3 is 2.70 bits per heavy atom. The summed E-state index contributed by atoms with van der Waals surface area (Å²) in [5, 5.41) is 16.9. The third kappa shape index (κ3) is 5.59. The molecule has 0 saturated heterocycles. The van der Waals surface area contributed by atoms with E-state index >= 15 is 0 Å². The number of nitrogens with one attached hydrogen (secondary N) is 1. The van der Waals surface area contributed by atoms with Gasteiger partial charge in [0.25, 0.3) is 5.91 Å². The molecule has 7 heteroatoms. The lowest BCUT2D eigenvalue weighted by Crippen LogP contribution is -2.14. The van der Waals surface area contributed by atoms with Gasteiger partial charge in [-0.05, 0) is 55.0 Å². The Labute approximate surface area is 197 Å². The van der Waals surface area contributed by atoms with Gasteiger partial charge in [-0.15, -0.1) is 0 Å². The molecular formula is C26H21ClN4O2. The highest BCUT2D eigenvalue weighted by molar-refractivity contribution is 6.30. The number of rotatable bonds is 7. The Balaban J connectivity index is 1.51. The van der Waals surface area contributed by atoms with Crippen LogP contribution in [0.4, 0.5) is 5.69 Å². The van der Waals surface area contributed by atoms with E-state index in [-0.39, 0.29) is 11.6 Å². The van der Waals surface area contributed by atoms with Crippen LogP contribution in [0.1, 0.15) is 32.9 Å². The van der Waals surface area contributed by atoms with Gasteiger partial charge in [-0.3, -0.25) is 9.48 Å². The molecule has 0 spiro atoms. The van der Waals surface area contributed by atoms with Gasteiger partial charge in [-0.2, -0.15) is 10.4 Å². The molecule has 0 aliphatic rings. The number of aryl methyl sites for hydroxylation is 1. The fourth-order valence-electron chi connectivity index (χ4n) is 3.35. The summed E-state index contributed by atoms with van der Waals surface area (Å²) in [6, 6.07) is 25.9. The van der Waals surface area contributed by atoms with Gasteiger partial charge in [0.1, 0.15) is 12.4 Å². The van der Waals surface area contributed by atoms with Crippen molar-refractivity contribution in [3.05, 3.63) is 112 Å². The van der Waals surface area contributed by atoms with Gasteiger partial charge in [0.05, 0.1) is 18.2 Å². The number of aromatic nitrogens is 2. The number of amides is 1. The molecule has 33 heavy (non-hydrogen) atoms. The van der Waals surface area contributed by atoms with E-state index < -0.39 is 0 Å². The number of anilines is 1. The number of ether oxygens (including phenoxy) is 1. The number of nitrogens with zero attached hydrogens (tertiary/aromatic N) is 3. The maximum absolute atomic E-state index is 12.7. The molecule has 1 N–H and O–H groups in total. The number of nitriles is 1. The number of carbonyl (C=O) groups excluding carboxylic acids is 1. The van der Waals surface area contributed by atoms with Crippen molar-refractivity contribution in [1.29, 1.82) is 5.26 Å². The molecule has 1 amide bonds. The monoisotopic (exact) mass is 456 g/mol. The van der Waals surface area contributed by atoms with Crippen LogP contribution in [0.5, 0.6) is 5.75 Å².